The van der Waals surface area contributed by atoms with Crippen molar-refractivity contribution in [3.8, 4) is 6.07 Å². The molecule has 1 aliphatic rings. The van der Waals surface area contributed by atoms with Crippen LogP contribution >= 0.6 is 0 Å². The quantitative estimate of drug-likeness (QED) is 0.786. The molecule has 0 radical (unpaired) electrons. The number of anilines is 1. The molecule has 2 aromatic rings. The second-order valence-corrected chi connectivity index (χ2v) is 7.77. The molecule has 3 rings (SSSR count). The Labute approximate surface area is 171 Å². The minimum absolute atomic E-state index is 0.112. The number of fused-ring (bicyclic) bond motifs is 1. The van der Waals surface area contributed by atoms with Gasteiger partial charge >= 0.3 is 6.18 Å². The van der Waals surface area contributed by atoms with Gasteiger partial charge in [-0.25, -0.2) is 0 Å². The summed E-state index contributed by atoms with van der Waals surface area (Å²) in [5.41, 5.74) is 1.32. The normalized spacial score (nSPS) is 20.8. The lowest BCUT2D eigenvalue weighted by molar-refractivity contribution is -0.178. The summed E-state index contributed by atoms with van der Waals surface area (Å²) in [6.07, 6.45) is -3.21. The van der Waals surface area contributed by atoms with E-state index in [-0.39, 0.29) is 31.0 Å². The smallest absolute Gasteiger partial charge is 0.383 e. The van der Waals surface area contributed by atoms with Gasteiger partial charge < -0.3 is 15.3 Å². The molecule has 1 saturated heterocycles. The summed E-state index contributed by atoms with van der Waals surface area (Å²) in [4.78, 5) is 22.1. The summed E-state index contributed by atoms with van der Waals surface area (Å²) in [5.74, 6) is -2.72. The first-order chi connectivity index (χ1) is 14.1. The van der Waals surface area contributed by atoms with Crippen LogP contribution in [-0.4, -0.2) is 52.4 Å². The van der Waals surface area contributed by atoms with Crippen LogP contribution in [0.4, 0.5) is 18.9 Å². The van der Waals surface area contributed by atoms with Crippen molar-refractivity contribution < 1.29 is 23.1 Å². The summed E-state index contributed by atoms with van der Waals surface area (Å²) in [7, 11) is 0. The maximum Gasteiger partial charge on any atom is 0.393 e. The fourth-order valence-electron chi connectivity index (χ4n) is 3.61. The Morgan fingerprint density at radius 3 is 2.53 bits per heavy atom. The van der Waals surface area contributed by atoms with Gasteiger partial charge in [0.1, 0.15) is 23.2 Å². The summed E-state index contributed by atoms with van der Waals surface area (Å²) in [6.45, 7) is 3.11. The van der Waals surface area contributed by atoms with Gasteiger partial charge in [-0.15, -0.1) is 0 Å². The third-order valence-electron chi connectivity index (χ3n) is 5.22. The minimum atomic E-state index is -4.45. The predicted molar refractivity (Wildman–Crippen MR) is 103 cm³/mol. The van der Waals surface area contributed by atoms with Crippen LogP contribution in [0, 0.1) is 23.2 Å². The summed E-state index contributed by atoms with van der Waals surface area (Å²) < 4.78 is 40.8. The molecule has 0 aliphatic carbocycles. The Morgan fingerprint density at radius 1 is 1.27 bits per heavy atom. The van der Waals surface area contributed by atoms with Gasteiger partial charge in [0.25, 0.3) is 0 Å². The van der Waals surface area contributed by atoms with E-state index >= 15 is 0 Å². The van der Waals surface area contributed by atoms with Crippen molar-refractivity contribution in [2.24, 2.45) is 11.8 Å². The van der Waals surface area contributed by atoms with Gasteiger partial charge in [0, 0.05) is 31.5 Å². The fourth-order valence-corrected chi connectivity index (χ4v) is 3.61. The molecule has 0 saturated carbocycles. The first-order valence-electron chi connectivity index (χ1n) is 9.55. The number of aliphatic hydroxyl groups is 1. The standard InChI is InChI=1S/C20H22F3N5O2/c1-11(2)18(29)19(30)27-14-7-13(20(21,22)23)9-28(10-14)15-4-3-12(8-24)16-17(15)26-6-5-25-16/h3-6,11,13-14,18,29H,7,9-10H2,1-2H3,(H,27,30)/t13-,14+,18-/m0/s1. The zero-order valence-corrected chi connectivity index (χ0v) is 16.5. The Bertz CT molecular complexity index is 973. The number of rotatable bonds is 4. The molecule has 0 unspecified atom stereocenters. The number of carbonyl (C=O) groups is 1. The van der Waals surface area contributed by atoms with Crippen LogP contribution < -0.4 is 10.2 Å². The molecule has 0 spiro atoms. The summed E-state index contributed by atoms with van der Waals surface area (Å²) in [6, 6.07) is 4.25. The Hall–Kier alpha value is -2.93. The lowest BCUT2D eigenvalue weighted by Gasteiger charge is -2.40. The van der Waals surface area contributed by atoms with Crippen molar-refractivity contribution in [1.29, 1.82) is 5.26 Å². The van der Waals surface area contributed by atoms with Gasteiger partial charge in [-0.05, 0) is 24.5 Å². The molecule has 1 amide bonds. The van der Waals surface area contributed by atoms with Crippen molar-refractivity contribution >= 4 is 22.6 Å². The zero-order valence-electron chi connectivity index (χ0n) is 16.5. The van der Waals surface area contributed by atoms with Gasteiger partial charge in [-0.3, -0.25) is 14.8 Å². The van der Waals surface area contributed by atoms with Gasteiger partial charge in [0.05, 0.1) is 17.2 Å². The summed E-state index contributed by atoms with van der Waals surface area (Å²) >= 11 is 0. The van der Waals surface area contributed by atoms with Gasteiger partial charge in [0.2, 0.25) is 5.91 Å². The minimum Gasteiger partial charge on any atom is -0.383 e. The van der Waals surface area contributed by atoms with Crippen molar-refractivity contribution in [2.75, 3.05) is 18.0 Å². The molecule has 2 heterocycles. The van der Waals surface area contributed by atoms with E-state index in [1.807, 2.05) is 6.07 Å². The number of carbonyl (C=O) groups excluding carboxylic acids is 1. The second kappa shape index (κ2) is 8.44. The molecular weight excluding hydrogens is 399 g/mol. The van der Waals surface area contributed by atoms with Crippen LogP contribution in [0.15, 0.2) is 24.5 Å². The lowest BCUT2D eigenvalue weighted by atomic mass is 9.92. The second-order valence-electron chi connectivity index (χ2n) is 7.77. The first kappa shape index (κ1) is 21.8. The molecule has 1 aromatic carbocycles. The lowest BCUT2D eigenvalue weighted by Crippen LogP contribution is -2.55. The summed E-state index contributed by atoms with van der Waals surface area (Å²) in [5, 5.41) is 21.8. The van der Waals surface area contributed by atoms with Crippen LogP contribution in [-0.2, 0) is 4.79 Å². The van der Waals surface area contributed by atoms with E-state index in [1.165, 1.54) is 23.4 Å². The highest BCUT2D eigenvalue weighted by molar-refractivity contribution is 5.92. The maximum atomic E-state index is 13.6. The van der Waals surface area contributed by atoms with Gasteiger partial charge in [0.15, 0.2) is 0 Å². The van der Waals surface area contributed by atoms with Gasteiger partial charge in [-0.1, -0.05) is 13.8 Å². The highest BCUT2D eigenvalue weighted by atomic mass is 19.4. The van der Waals surface area contributed by atoms with E-state index in [0.717, 1.165) is 0 Å². The molecule has 1 fully saturated rings. The number of piperidine rings is 1. The van der Waals surface area contributed by atoms with Crippen LogP contribution in [0.2, 0.25) is 0 Å². The predicted octanol–water partition coefficient (Wildman–Crippen LogP) is 2.39. The number of halogens is 3. The van der Waals surface area contributed by atoms with E-state index in [9.17, 15) is 28.3 Å². The number of aliphatic hydroxyl groups excluding tert-OH is 1. The van der Waals surface area contributed by atoms with Crippen LogP contribution in [0.3, 0.4) is 0 Å². The first-order valence-corrected chi connectivity index (χ1v) is 9.55. The molecule has 0 bridgehead atoms. The maximum absolute atomic E-state index is 13.6. The number of nitrogens with one attached hydrogen (secondary N) is 1. The fraction of sp³-hybridized carbons (Fsp3) is 0.500. The van der Waals surface area contributed by atoms with Crippen molar-refractivity contribution in [3.63, 3.8) is 0 Å². The highest BCUT2D eigenvalue weighted by Crippen LogP contribution is 2.37. The van der Waals surface area contributed by atoms with E-state index in [1.54, 1.807) is 19.9 Å². The molecular formula is C20H22F3N5O2. The van der Waals surface area contributed by atoms with Crippen LogP contribution in [0.25, 0.3) is 11.0 Å². The topological polar surface area (TPSA) is 102 Å². The molecule has 1 aromatic heterocycles. The van der Waals surface area contributed by atoms with Crippen molar-refractivity contribution in [3.05, 3.63) is 30.1 Å². The number of hydrogen-bond donors (Lipinski definition) is 2. The van der Waals surface area contributed by atoms with Gasteiger partial charge in [-0.2, -0.15) is 18.4 Å². The SMILES string of the molecule is CC(C)[C@H](O)C(=O)N[C@@H]1C[C@H](C(F)(F)F)CN(c2ccc(C#N)c3nccnc23)C1. The number of nitrogens with zero attached hydrogens (tertiary/aromatic N) is 4. The molecule has 10 heteroatoms. The molecule has 7 nitrogen and oxygen atoms in total. The molecule has 160 valence electrons. The Morgan fingerprint density at radius 2 is 1.93 bits per heavy atom. The Balaban J connectivity index is 1.95. The number of benzene rings is 1. The Kier molecular flexibility index (Phi) is 6.12. The molecule has 2 N–H and O–H groups in total. The van der Waals surface area contributed by atoms with E-state index in [2.05, 4.69) is 15.3 Å². The third-order valence-corrected chi connectivity index (χ3v) is 5.22. The zero-order chi connectivity index (χ0) is 22.1. The number of alkyl halides is 3. The number of aromatic nitrogens is 2. The number of hydrogen-bond acceptors (Lipinski definition) is 6. The van der Waals surface area contributed by atoms with E-state index < -0.39 is 30.1 Å². The number of amides is 1. The van der Waals surface area contributed by atoms with Crippen LogP contribution in [0.1, 0.15) is 25.8 Å². The third kappa shape index (κ3) is 4.46. The van der Waals surface area contributed by atoms with E-state index in [4.69, 9.17) is 0 Å². The molecule has 1 aliphatic heterocycles. The van der Waals surface area contributed by atoms with Crippen molar-refractivity contribution in [2.45, 2.75) is 38.6 Å². The molecule has 30 heavy (non-hydrogen) atoms. The monoisotopic (exact) mass is 421 g/mol. The average Bonchev–Trinajstić information content (AvgIpc) is 2.71. The molecule has 3 atom stereocenters. The largest absolute Gasteiger partial charge is 0.393 e. The average molecular weight is 421 g/mol. The highest BCUT2D eigenvalue weighted by Gasteiger charge is 2.45. The van der Waals surface area contributed by atoms with Crippen molar-refractivity contribution in [1.82, 2.24) is 15.3 Å². The van der Waals surface area contributed by atoms with E-state index in [0.29, 0.717) is 16.7 Å². The number of nitriles is 1. The van der Waals surface area contributed by atoms with Crippen LogP contribution in [0.5, 0.6) is 0 Å².